The Hall–Kier alpha value is -0.940. The number of nitrogens with one attached hydrogen (secondary N) is 1. The molecule has 0 bridgehead atoms. The summed E-state index contributed by atoms with van der Waals surface area (Å²) in [4.78, 5) is 2.42. The van der Waals surface area contributed by atoms with E-state index in [-0.39, 0.29) is 0 Å². The summed E-state index contributed by atoms with van der Waals surface area (Å²) in [5.74, 6) is 1.04. The lowest BCUT2D eigenvalue weighted by atomic mass is 10.2. The summed E-state index contributed by atoms with van der Waals surface area (Å²) in [7, 11) is 2.00. The van der Waals surface area contributed by atoms with E-state index in [4.69, 9.17) is 0 Å². The van der Waals surface area contributed by atoms with Crippen molar-refractivity contribution in [3.05, 3.63) is 12.2 Å². The highest BCUT2D eigenvalue weighted by Crippen LogP contribution is 2.08. The summed E-state index contributed by atoms with van der Waals surface area (Å²) in [5.41, 5.74) is 0. The number of aryl methyl sites for hydroxylation is 1. The quantitative estimate of drug-likeness (QED) is 0.784. The third kappa shape index (κ3) is 2.80. The lowest BCUT2D eigenvalue weighted by molar-refractivity contribution is 0.245. The number of likely N-dealkylation sites (N-methyl/N-ethyl adjacent to an activating group) is 1. The van der Waals surface area contributed by atoms with Gasteiger partial charge in [-0.15, -0.1) is 10.2 Å². The molecule has 0 amide bonds. The summed E-state index contributed by atoms with van der Waals surface area (Å²) in [6, 6.07) is 0.660. The van der Waals surface area contributed by atoms with Crippen molar-refractivity contribution in [3.63, 3.8) is 0 Å². The van der Waals surface area contributed by atoms with E-state index in [0.29, 0.717) is 6.04 Å². The number of hydrogen-bond acceptors (Lipinski definition) is 4. The Morgan fingerprint density at radius 2 is 2.50 bits per heavy atom. The van der Waals surface area contributed by atoms with Crippen LogP contribution in [0.2, 0.25) is 0 Å². The van der Waals surface area contributed by atoms with Gasteiger partial charge in [-0.25, -0.2) is 0 Å². The third-order valence-corrected chi connectivity index (χ3v) is 3.26. The lowest BCUT2D eigenvalue weighted by Crippen LogP contribution is -2.37. The highest BCUT2D eigenvalue weighted by molar-refractivity contribution is 4.86. The Labute approximate surface area is 96.8 Å². The fourth-order valence-corrected chi connectivity index (χ4v) is 2.18. The van der Waals surface area contributed by atoms with E-state index in [0.717, 1.165) is 25.5 Å². The van der Waals surface area contributed by atoms with Crippen LogP contribution in [0.4, 0.5) is 0 Å². The maximum atomic E-state index is 4.13. The maximum Gasteiger partial charge on any atom is 0.146 e. The van der Waals surface area contributed by atoms with E-state index in [1.807, 2.05) is 11.6 Å². The van der Waals surface area contributed by atoms with Gasteiger partial charge in [-0.2, -0.15) is 0 Å². The highest BCUT2D eigenvalue weighted by Gasteiger charge is 2.18. The van der Waals surface area contributed by atoms with E-state index < -0.39 is 0 Å². The van der Waals surface area contributed by atoms with Crippen LogP contribution >= 0.6 is 0 Å². The second-order valence-corrected chi connectivity index (χ2v) is 4.48. The van der Waals surface area contributed by atoms with Crippen LogP contribution in [-0.2, 0) is 13.6 Å². The van der Waals surface area contributed by atoms with Crippen molar-refractivity contribution in [3.8, 4) is 0 Å². The molecule has 1 fully saturated rings. The predicted octanol–water partition coefficient (Wildman–Crippen LogP) is 0.389. The fourth-order valence-electron chi connectivity index (χ4n) is 2.18. The largest absolute Gasteiger partial charge is 0.320 e. The fraction of sp³-hybridized carbons (Fsp3) is 0.818. The molecule has 1 N–H and O–H groups in total. The molecule has 1 aliphatic heterocycles. The standard InChI is InChI=1S/C11H21N5/c1-3-16(7-10-5-4-6-12-10)8-11-14-13-9-15(11)2/h9-10,12H,3-8H2,1-2H3. The molecule has 16 heavy (non-hydrogen) atoms. The molecule has 2 rings (SSSR count). The van der Waals surface area contributed by atoms with Gasteiger partial charge >= 0.3 is 0 Å². The average Bonchev–Trinajstić information content (AvgIpc) is 2.90. The number of nitrogens with zero attached hydrogens (tertiary/aromatic N) is 4. The highest BCUT2D eigenvalue weighted by atomic mass is 15.3. The van der Waals surface area contributed by atoms with Crippen molar-refractivity contribution in [1.82, 2.24) is 25.0 Å². The zero-order valence-electron chi connectivity index (χ0n) is 10.2. The van der Waals surface area contributed by atoms with Gasteiger partial charge in [0.2, 0.25) is 0 Å². The SMILES string of the molecule is CCN(Cc1nncn1C)CC1CCCN1. The minimum atomic E-state index is 0.660. The average molecular weight is 223 g/mol. The topological polar surface area (TPSA) is 46.0 Å². The number of hydrogen-bond donors (Lipinski definition) is 1. The first-order chi connectivity index (χ1) is 7.79. The number of aromatic nitrogens is 3. The molecule has 5 heteroatoms. The molecule has 0 radical (unpaired) electrons. The molecule has 0 saturated carbocycles. The summed E-state index contributed by atoms with van der Waals surface area (Å²) in [5, 5.41) is 11.6. The van der Waals surface area contributed by atoms with E-state index in [1.165, 1.54) is 19.4 Å². The van der Waals surface area contributed by atoms with Crippen molar-refractivity contribution in [2.75, 3.05) is 19.6 Å². The van der Waals surface area contributed by atoms with Gasteiger partial charge in [0, 0.05) is 19.6 Å². The van der Waals surface area contributed by atoms with Crippen molar-refractivity contribution in [2.24, 2.45) is 7.05 Å². The molecular formula is C11H21N5. The van der Waals surface area contributed by atoms with E-state index >= 15 is 0 Å². The van der Waals surface area contributed by atoms with Gasteiger partial charge in [0.25, 0.3) is 0 Å². The zero-order valence-corrected chi connectivity index (χ0v) is 10.2. The third-order valence-electron chi connectivity index (χ3n) is 3.26. The molecule has 1 aromatic rings. The summed E-state index contributed by atoms with van der Waals surface area (Å²) >= 11 is 0. The van der Waals surface area contributed by atoms with E-state index in [2.05, 4.69) is 27.3 Å². The van der Waals surface area contributed by atoms with Gasteiger partial charge in [0.05, 0.1) is 6.54 Å². The first-order valence-electron chi connectivity index (χ1n) is 6.08. The zero-order chi connectivity index (χ0) is 11.4. The molecule has 2 heterocycles. The summed E-state index contributed by atoms with van der Waals surface area (Å²) in [6.45, 7) is 6.44. The van der Waals surface area contributed by atoms with Crippen LogP contribution in [0.15, 0.2) is 6.33 Å². The lowest BCUT2D eigenvalue weighted by Gasteiger charge is -2.23. The molecule has 90 valence electrons. The van der Waals surface area contributed by atoms with Crippen molar-refractivity contribution in [1.29, 1.82) is 0 Å². The molecule has 1 aromatic heterocycles. The molecule has 0 aliphatic carbocycles. The molecule has 1 saturated heterocycles. The van der Waals surface area contributed by atoms with Crippen LogP contribution in [0, 0.1) is 0 Å². The minimum absolute atomic E-state index is 0.660. The molecule has 5 nitrogen and oxygen atoms in total. The van der Waals surface area contributed by atoms with Gasteiger partial charge in [-0.3, -0.25) is 4.90 Å². The van der Waals surface area contributed by atoms with Crippen molar-refractivity contribution in [2.45, 2.75) is 32.4 Å². The van der Waals surface area contributed by atoms with Crippen LogP contribution in [0.1, 0.15) is 25.6 Å². The summed E-state index contributed by atoms with van der Waals surface area (Å²) in [6.07, 6.45) is 4.37. The molecular weight excluding hydrogens is 202 g/mol. The molecule has 1 aliphatic rings. The van der Waals surface area contributed by atoms with E-state index in [1.54, 1.807) is 6.33 Å². The first-order valence-corrected chi connectivity index (χ1v) is 6.08. The smallest absolute Gasteiger partial charge is 0.146 e. The van der Waals surface area contributed by atoms with Gasteiger partial charge in [0.15, 0.2) is 0 Å². The minimum Gasteiger partial charge on any atom is -0.320 e. The van der Waals surface area contributed by atoms with Crippen LogP contribution in [0.3, 0.4) is 0 Å². The van der Waals surface area contributed by atoms with Crippen LogP contribution < -0.4 is 5.32 Å². The second-order valence-electron chi connectivity index (χ2n) is 4.48. The van der Waals surface area contributed by atoms with Crippen molar-refractivity contribution < 1.29 is 0 Å². The summed E-state index contributed by atoms with van der Waals surface area (Å²) < 4.78 is 1.99. The molecule has 0 spiro atoms. The Morgan fingerprint density at radius 1 is 1.62 bits per heavy atom. The normalized spacial score (nSPS) is 20.8. The molecule has 0 aromatic carbocycles. The van der Waals surface area contributed by atoms with Crippen molar-refractivity contribution >= 4 is 0 Å². The van der Waals surface area contributed by atoms with Crippen LogP contribution in [0.25, 0.3) is 0 Å². The Kier molecular flexibility index (Phi) is 3.90. The monoisotopic (exact) mass is 223 g/mol. The van der Waals surface area contributed by atoms with Crippen LogP contribution in [0.5, 0.6) is 0 Å². The first kappa shape index (κ1) is 11.5. The molecule has 1 unspecified atom stereocenters. The van der Waals surface area contributed by atoms with Gasteiger partial charge in [-0.05, 0) is 25.9 Å². The Morgan fingerprint density at radius 3 is 3.06 bits per heavy atom. The number of rotatable bonds is 5. The van der Waals surface area contributed by atoms with E-state index in [9.17, 15) is 0 Å². The van der Waals surface area contributed by atoms with Gasteiger partial charge < -0.3 is 9.88 Å². The predicted molar refractivity (Wildman–Crippen MR) is 63.0 cm³/mol. The Bertz CT molecular complexity index is 316. The van der Waals surface area contributed by atoms with Gasteiger partial charge in [-0.1, -0.05) is 6.92 Å². The van der Waals surface area contributed by atoms with Crippen LogP contribution in [-0.4, -0.2) is 45.3 Å². The Balaban J connectivity index is 1.87. The second kappa shape index (κ2) is 5.41. The van der Waals surface area contributed by atoms with Gasteiger partial charge in [0.1, 0.15) is 12.2 Å². The maximum absolute atomic E-state index is 4.13. The molecule has 1 atom stereocenters.